The highest BCUT2D eigenvalue weighted by Crippen LogP contribution is 2.23. The molecule has 1 N–H and O–H groups in total. The zero-order valence-corrected chi connectivity index (χ0v) is 13.2. The van der Waals surface area contributed by atoms with Crippen LogP contribution in [0.25, 0.3) is 10.9 Å². The number of nitrogens with zero attached hydrogens (tertiary/aromatic N) is 1. The third kappa shape index (κ3) is 3.87. The SMILES string of the molecule is C=CCCc1c[nH]c2ccc(Br)cc12.Cn1cccc1. The molecule has 0 radical (unpaired) electrons. The van der Waals surface area contributed by atoms with Crippen molar-refractivity contribution >= 4 is 26.8 Å². The smallest absolute Gasteiger partial charge is 0.0457 e. The highest BCUT2D eigenvalue weighted by molar-refractivity contribution is 9.10. The van der Waals surface area contributed by atoms with Crippen molar-refractivity contribution in [2.45, 2.75) is 12.8 Å². The van der Waals surface area contributed by atoms with Gasteiger partial charge in [0.15, 0.2) is 0 Å². The number of halogens is 1. The molecule has 3 aromatic rings. The van der Waals surface area contributed by atoms with Gasteiger partial charge in [-0.25, -0.2) is 0 Å². The molecule has 0 spiro atoms. The largest absolute Gasteiger partial charge is 0.361 e. The Morgan fingerprint density at radius 1 is 1.30 bits per heavy atom. The minimum atomic E-state index is 1.03. The highest BCUT2D eigenvalue weighted by Gasteiger charge is 2.02. The number of hydrogen-bond acceptors (Lipinski definition) is 0. The van der Waals surface area contributed by atoms with Crippen LogP contribution in [-0.4, -0.2) is 9.55 Å². The topological polar surface area (TPSA) is 20.7 Å². The van der Waals surface area contributed by atoms with Crippen molar-refractivity contribution in [2.75, 3.05) is 0 Å². The van der Waals surface area contributed by atoms with E-state index >= 15 is 0 Å². The Morgan fingerprint density at radius 3 is 2.65 bits per heavy atom. The summed E-state index contributed by atoms with van der Waals surface area (Å²) in [6.45, 7) is 3.74. The second-order valence-electron chi connectivity index (χ2n) is 4.68. The summed E-state index contributed by atoms with van der Waals surface area (Å²) in [6.07, 6.45) is 10.1. The average Bonchev–Trinajstić information content (AvgIpc) is 3.06. The molecule has 0 fully saturated rings. The van der Waals surface area contributed by atoms with E-state index in [1.807, 2.05) is 42.2 Å². The van der Waals surface area contributed by atoms with Gasteiger partial charge in [-0.2, -0.15) is 0 Å². The molecule has 104 valence electrons. The molecular weight excluding hydrogens is 312 g/mol. The fourth-order valence-corrected chi connectivity index (χ4v) is 2.40. The number of allylic oxidation sites excluding steroid dienone is 1. The maximum Gasteiger partial charge on any atom is 0.0457 e. The van der Waals surface area contributed by atoms with Gasteiger partial charge in [0.2, 0.25) is 0 Å². The molecule has 0 aliphatic carbocycles. The number of rotatable bonds is 3. The minimum Gasteiger partial charge on any atom is -0.361 e. The van der Waals surface area contributed by atoms with E-state index in [0.717, 1.165) is 17.3 Å². The second kappa shape index (κ2) is 7.15. The van der Waals surface area contributed by atoms with Crippen molar-refractivity contribution in [3.63, 3.8) is 0 Å². The molecule has 0 saturated carbocycles. The van der Waals surface area contributed by atoms with Crippen molar-refractivity contribution in [1.82, 2.24) is 9.55 Å². The van der Waals surface area contributed by atoms with Gasteiger partial charge >= 0.3 is 0 Å². The van der Waals surface area contributed by atoms with Crippen LogP contribution in [0.4, 0.5) is 0 Å². The van der Waals surface area contributed by atoms with Gasteiger partial charge in [0.05, 0.1) is 0 Å². The summed E-state index contributed by atoms with van der Waals surface area (Å²) in [5.41, 5.74) is 2.56. The van der Waals surface area contributed by atoms with Gasteiger partial charge in [0, 0.05) is 41.0 Å². The molecule has 2 nitrogen and oxygen atoms in total. The summed E-state index contributed by atoms with van der Waals surface area (Å²) in [4.78, 5) is 3.27. The molecule has 2 aromatic heterocycles. The lowest BCUT2D eigenvalue weighted by Gasteiger charge is -1.96. The zero-order valence-electron chi connectivity index (χ0n) is 11.6. The lowest BCUT2D eigenvalue weighted by atomic mass is 10.1. The number of nitrogens with one attached hydrogen (secondary N) is 1. The Balaban J connectivity index is 0.000000205. The molecule has 0 aliphatic rings. The second-order valence-corrected chi connectivity index (χ2v) is 5.60. The molecule has 1 aromatic carbocycles. The monoisotopic (exact) mass is 330 g/mol. The van der Waals surface area contributed by atoms with Gasteiger partial charge in [-0.3, -0.25) is 0 Å². The van der Waals surface area contributed by atoms with Gasteiger partial charge < -0.3 is 9.55 Å². The molecule has 20 heavy (non-hydrogen) atoms. The van der Waals surface area contributed by atoms with Crippen LogP contribution in [0.15, 0.2) is 66.1 Å². The van der Waals surface area contributed by atoms with E-state index in [-0.39, 0.29) is 0 Å². The van der Waals surface area contributed by atoms with Crippen molar-refractivity contribution in [2.24, 2.45) is 7.05 Å². The highest BCUT2D eigenvalue weighted by atomic mass is 79.9. The Hall–Kier alpha value is -1.74. The number of aryl methyl sites for hydroxylation is 2. The van der Waals surface area contributed by atoms with E-state index in [4.69, 9.17) is 0 Å². The first kappa shape index (κ1) is 14.7. The number of aromatic nitrogens is 2. The fraction of sp³-hybridized carbons (Fsp3) is 0.176. The molecular formula is C17H19BrN2. The average molecular weight is 331 g/mol. The fourth-order valence-electron chi connectivity index (χ4n) is 2.04. The van der Waals surface area contributed by atoms with Crippen LogP contribution in [0, 0.1) is 0 Å². The molecule has 0 atom stereocenters. The maximum absolute atomic E-state index is 3.74. The van der Waals surface area contributed by atoms with Crippen molar-refractivity contribution in [3.05, 3.63) is 71.6 Å². The van der Waals surface area contributed by atoms with Crippen LogP contribution in [0.2, 0.25) is 0 Å². The summed E-state index contributed by atoms with van der Waals surface area (Å²) in [7, 11) is 2.00. The number of fused-ring (bicyclic) bond motifs is 1. The molecule has 2 heterocycles. The molecule has 0 saturated heterocycles. The van der Waals surface area contributed by atoms with Gasteiger partial charge in [-0.05, 0) is 48.7 Å². The predicted molar refractivity (Wildman–Crippen MR) is 89.9 cm³/mol. The summed E-state index contributed by atoms with van der Waals surface area (Å²) in [5, 5.41) is 1.31. The van der Waals surface area contributed by atoms with Gasteiger partial charge in [0.25, 0.3) is 0 Å². The first-order valence-electron chi connectivity index (χ1n) is 6.64. The summed E-state index contributed by atoms with van der Waals surface area (Å²) in [6, 6.07) is 10.3. The van der Waals surface area contributed by atoms with Crippen LogP contribution in [-0.2, 0) is 13.5 Å². The Labute approximate surface area is 128 Å². The predicted octanol–water partition coefficient (Wildman–Crippen LogP) is 5.07. The Morgan fingerprint density at radius 2 is 2.05 bits per heavy atom. The Bertz CT molecular complexity index is 665. The normalized spacial score (nSPS) is 10.1. The minimum absolute atomic E-state index is 1.03. The van der Waals surface area contributed by atoms with E-state index in [1.165, 1.54) is 16.5 Å². The van der Waals surface area contributed by atoms with E-state index in [1.54, 1.807) is 0 Å². The van der Waals surface area contributed by atoms with Crippen molar-refractivity contribution in [3.8, 4) is 0 Å². The van der Waals surface area contributed by atoms with Gasteiger partial charge in [-0.1, -0.05) is 22.0 Å². The van der Waals surface area contributed by atoms with Crippen molar-refractivity contribution in [1.29, 1.82) is 0 Å². The number of benzene rings is 1. The summed E-state index contributed by atoms with van der Waals surface area (Å²) >= 11 is 3.49. The molecule has 0 amide bonds. The van der Waals surface area contributed by atoms with Crippen LogP contribution in [0.1, 0.15) is 12.0 Å². The van der Waals surface area contributed by atoms with E-state index in [2.05, 4.69) is 51.9 Å². The van der Waals surface area contributed by atoms with E-state index in [9.17, 15) is 0 Å². The molecule has 3 heteroatoms. The third-order valence-corrected chi connectivity index (χ3v) is 3.59. The molecule has 0 bridgehead atoms. The number of hydrogen-bond donors (Lipinski definition) is 1. The summed E-state index contributed by atoms with van der Waals surface area (Å²) < 4.78 is 3.13. The molecule has 0 aliphatic heterocycles. The van der Waals surface area contributed by atoms with Crippen LogP contribution in [0.3, 0.4) is 0 Å². The summed E-state index contributed by atoms with van der Waals surface area (Å²) in [5.74, 6) is 0. The van der Waals surface area contributed by atoms with E-state index < -0.39 is 0 Å². The quantitative estimate of drug-likeness (QED) is 0.647. The number of H-pyrrole nitrogens is 1. The van der Waals surface area contributed by atoms with Gasteiger partial charge in [0.1, 0.15) is 0 Å². The zero-order chi connectivity index (χ0) is 14.4. The van der Waals surface area contributed by atoms with Gasteiger partial charge in [-0.15, -0.1) is 6.58 Å². The van der Waals surface area contributed by atoms with E-state index in [0.29, 0.717) is 0 Å². The third-order valence-electron chi connectivity index (χ3n) is 3.10. The maximum atomic E-state index is 3.74. The molecule has 0 unspecified atom stereocenters. The lowest BCUT2D eigenvalue weighted by molar-refractivity contribution is 0.928. The Kier molecular flexibility index (Phi) is 5.24. The first-order chi connectivity index (χ1) is 9.70. The number of aromatic amines is 1. The molecule has 3 rings (SSSR count). The first-order valence-corrected chi connectivity index (χ1v) is 7.43. The van der Waals surface area contributed by atoms with Crippen molar-refractivity contribution < 1.29 is 0 Å². The lowest BCUT2D eigenvalue weighted by Crippen LogP contribution is -1.79. The van der Waals surface area contributed by atoms with Crippen LogP contribution in [0.5, 0.6) is 0 Å². The standard InChI is InChI=1S/C12H12BrN.C5H7N/c1-2-3-4-9-8-14-12-6-5-10(13)7-11(9)12;1-6-4-2-3-5-6/h2,5-8,14H,1,3-4H2;2-5H,1H3. The van der Waals surface area contributed by atoms with Crippen LogP contribution < -0.4 is 0 Å². The van der Waals surface area contributed by atoms with Crippen LogP contribution >= 0.6 is 15.9 Å².